The van der Waals surface area contributed by atoms with Gasteiger partial charge in [-0.1, -0.05) is 12.1 Å². The Kier molecular flexibility index (Phi) is 5.90. The van der Waals surface area contributed by atoms with E-state index in [4.69, 9.17) is 10.5 Å². The van der Waals surface area contributed by atoms with E-state index >= 15 is 0 Å². The minimum absolute atomic E-state index is 0.0662. The lowest BCUT2D eigenvalue weighted by atomic mass is 10.0. The summed E-state index contributed by atoms with van der Waals surface area (Å²) in [5, 5.41) is 7.18. The number of ether oxygens (including phenoxy) is 1. The van der Waals surface area contributed by atoms with Crippen LogP contribution in [0.15, 0.2) is 30.5 Å². The van der Waals surface area contributed by atoms with Crippen LogP contribution in [0.1, 0.15) is 23.7 Å². The van der Waals surface area contributed by atoms with Gasteiger partial charge in [0, 0.05) is 43.9 Å². The number of hydrogen-bond acceptors (Lipinski definition) is 5. The summed E-state index contributed by atoms with van der Waals surface area (Å²) >= 11 is 0. The number of benzene rings is 1. The number of carbonyl (C=O) groups is 1. The largest absolute Gasteiger partial charge is 0.383 e. The van der Waals surface area contributed by atoms with Gasteiger partial charge in [0.2, 0.25) is 0 Å². The molecule has 1 amide bonds. The normalized spacial score (nSPS) is 16.4. The second-order valence-corrected chi connectivity index (χ2v) is 6.69. The quantitative estimate of drug-likeness (QED) is 0.818. The third kappa shape index (κ3) is 4.23. The number of nitrogen functional groups attached to an aromatic ring is 1. The van der Waals surface area contributed by atoms with Crippen molar-refractivity contribution in [1.82, 2.24) is 20.0 Å². The molecule has 1 aliphatic heterocycles. The molecule has 0 spiro atoms. The lowest BCUT2D eigenvalue weighted by Crippen LogP contribution is -2.43. The standard InChI is InChI=1S/C19H27N5O2/c1-14(24-8-10-26-11-9-24)6-7-21-19(25)16-5-3-4-15(12-16)17-13-22-23(2)18(17)20/h3-5,12-14H,6-11,20H2,1-2H3,(H,21,25)/t14-/m1/s1. The van der Waals surface area contributed by atoms with E-state index in [1.807, 2.05) is 24.3 Å². The molecule has 1 aliphatic rings. The fourth-order valence-electron chi connectivity index (χ4n) is 3.19. The zero-order valence-corrected chi connectivity index (χ0v) is 15.4. The summed E-state index contributed by atoms with van der Waals surface area (Å²) in [5.74, 6) is 0.519. The summed E-state index contributed by atoms with van der Waals surface area (Å²) in [6.07, 6.45) is 2.64. The molecule has 0 saturated carbocycles. The van der Waals surface area contributed by atoms with Crippen LogP contribution in [0, 0.1) is 0 Å². The maximum atomic E-state index is 12.5. The topological polar surface area (TPSA) is 85.4 Å². The second kappa shape index (κ2) is 8.33. The predicted octanol–water partition coefficient (Wildman–Crippen LogP) is 1.51. The van der Waals surface area contributed by atoms with Gasteiger partial charge < -0.3 is 15.8 Å². The van der Waals surface area contributed by atoms with Crippen molar-refractivity contribution in [3.63, 3.8) is 0 Å². The van der Waals surface area contributed by atoms with E-state index in [1.54, 1.807) is 17.9 Å². The number of nitrogens with one attached hydrogen (secondary N) is 1. The Morgan fingerprint density at radius 3 is 2.85 bits per heavy atom. The number of nitrogens with two attached hydrogens (primary N) is 1. The van der Waals surface area contributed by atoms with Crippen LogP contribution in [-0.2, 0) is 11.8 Å². The smallest absolute Gasteiger partial charge is 0.251 e. The Morgan fingerprint density at radius 2 is 2.15 bits per heavy atom. The molecule has 1 aromatic heterocycles. The molecule has 26 heavy (non-hydrogen) atoms. The average molecular weight is 357 g/mol. The van der Waals surface area contributed by atoms with Crippen LogP contribution in [-0.4, -0.2) is 59.5 Å². The summed E-state index contributed by atoms with van der Waals surface area (Å²) in [6, 6.07) is 7.91. The molecule has 7 nitrogen and oxygen atoms in total. The molecule has 1 atom stereocenters. The van der Waals surface area contributed by atoms with Crippen molar-refractivity contribution in [2.24, 2.45) is 7.05 Å². The molecule has 0 aliphatic carbocycles. The van der Waals surface area contributed by atoms with Crippen LogP contribution in [0.3, 0.4) is 0 Å². The minimum Gasteiger partial charge on any atom is -0.383 e. The highest BCUT2D eigenvalue weighted by molar-refractivity contribution is 5.95. The van der Waals surface area contributed by atoms with Crippen LogP contribution < -0.4 is 11.1 Å². The monoisotopic (exact) mass is 357 g/mol. The van der Waals surface area contributed by atoms with Gasteiger partial charge in [0.25, 0.3) is 5.91 Å². The lowest BCUT2D eigenvalue weighted by Gasteiger charge is -2.32. The van der Waals surface area contributed by atoms with E-state index in [9.17, 15) is 4.79 Å². The van der Waals surface area contributed by atoms with E-state index in [0.717, 1.165) is 43.9 Å². The Morgan fingerprint density at radius 1 is 1.38 bits per heavy atom. The summed E-state index contributed by atoms with van der Waals surface area (Å²) in [5.41, 5.74) is 8.39. The van der Waals surface area contributed by atoms with Crippen molar-refractivity contribution < 1.29 is 9.53 Å². The molecular formula is C19H27N5O2. The number of rotatable bonds is 6. The van der Waals surface area contributed by atoms with Gasteiger partial charge in [-0.3, -0.25) is 14.4 Å². The third-order valence-electron chi connectivity index (χ3n) is 4.94. The Labute approximate surface area is 154 Å². The number of carbonyl (C=O) groups excluding carboxylic acids is 1. The first-order chi connectivity index (χ1) is 12.6. The van der Waals surface area contributed by atoms with Crippen molar-refractivity contribution in [2.75, 3.05) is 38.6 Å². The summed E-state index contributed by atoms with van der Waals surface area (Å²) < 4.78 is 7.00. The summed E-state index contributed by atoms with van der Waals surface area (Å²) in [7, 11) is 1.80. The fourth-order valence-corrected chi connectivity index (χ4v) is 3.19. The van der Waals surface area contributed by atoms with Crippen LogP contribution >= 0.6 is 0 Å². The highest BCUT2D eigenvalue weighted by Crippen LogP contribution is 2.25. The van der Waals surface area contributed by atoms with Crippen LogP contribution in [0.5, 0.6) is 0 Å². The van der Waals surface area contributed by atoms with Crippen molar-refractivity contribution in [2.45, 2.75) is 19.4 Å². The zero-order chi connectivity index (χ0) is 18.5. The first-order valence-corrected chi connectivity index (χ1v) is 9.04. The van der Waals surface area contributed by atoms with Gasteiger partial charge in [0.15, 0.2) is 0 Å². The van der Waals surface area contributed by atoms with E-state index < -0.39 is 0 Å². The van der Waals surface area contributed by atoms with Crippen LogP contribution in [0.4, 0.5) is 5.82 Å². The number of anilines is 1. The van der Waals surface area contributed by atoms with E-state index in [0.29, 0.717) is 24.0 Å². The zero-order valence-electron chi connectivity index (χ0n) is 15.4. The van der Waals surface area contributed by atoms with E-state index in [2.05, 4.69) is 22.2 Å². The molecule has 0 radical (unpaired) electrons. The van der Waals surface area contributed by atoms with Crippen molar-refractivity contribution in [3.05, 3.63) is 36.0 Å². The molecule has 0 unspecified atom stereocenters. The molecule has 1 fully saturated rings. The maximum Gasteiger partial charge on any atom is 0.251 e. The minimum atomic E-state index is -0.0662. The van der Waals surface area contributed by atoms with Gasteiger partial charge in [-0.25, -0.2) is 0 Å². The highest BCUT2D eigenvalue weighted by atomic mass is 16.5. The van der Waals surface area contributed by atoms with Gasteiger partial charge in [0.1, 0.15) is 5.82 Å². The van der Waals surface area contributed by atoms with E-state index in [-0.39, 0.29) is 5.91 Å². The van der Waals surface area contributed by atoms with Crippen LogP contribution in [0.25, 0.3) is 11.1 Å². The van der Waals surface area contributed by atoms with Crippen LogP contribution in [0.2, 0.25) is 0 Å². The number of aromatic nitrogens is 2. The molecular weight excluding hydrogens is 330 g/mol. The number of nitrogens with zero attached hydrogens (tertiary/aromatic N) is 3. The van der Waals surface area contributed by atoms with Gasteiger partial charge in [-0.15, -0.1) is 0 Å². The molecule has 140 valence electrons. The fraction of sp³-hybridized carbons (Fsp3) is 0.474. The van der Waals surface area contributed by atoms with Gasteiger partial charge in [0.05, 0.1) is 19.4 Å². The number of hydrogen-bond donors (Lipinski definition) is 2. The second-order valence-electron chi connectivity index (χ2n) is 6.69. The first-order valence-electron chi connectivity index (χ1n) is 9.04. The number of aryl methyl sites for hydroxylation is 1. The molecule has 3 rings (SSSR count). The third-order valence-corrected chi connectivity index (χ3v) is 4.94. The van der Waals surface area contributed by atoms with Gasteiger partial charge in [-0.2, -0.15) is 5.10 Å². The van der Waals surface area contributed by atoms with Crippen molar-refractivity contribution >= 4 is 11.7 Å². The highest BCUT2D eigenvalue weighted by Gasteiger charge is 2.17. The number of morpholine rings is 1. The molecule has 1 aromatic carbocycles. The number of amides is 1. The molecule has 1 saturated heterocycles. The van der Waals surface area contributed by atoms with Crippen molar-refractivity contribution in [3.8, 4) is 11.1 Å². The average Bonchev–Trinajstić information content (AvgIpc) is 3.01. The molecule has 3 N–H and O–H groups in total. The molecule has 7 heteroatoms. The SMILES string of the molecule is C[C@H](CCNC(=O)c1cccc(-c2cnn(C)c2N)c1)N1CCOCC1. The maximum absolute atomic E-state index is 12.5. The Hall–Kier alpha value is -2.38. The van der Waals surface area contributed by atoms with Gasteiger partial charge in [-0.05, 0) is 31.0 Å². The molecule has 2 heterocycles. The van der Waals surface area contributed by atoms with Gasteiger partial charge >= 0.3 is 0 Å². The van der Waals surface area contributed by atoms with Crippen molar-refractivity contribution in [1.29, 1.82) is 0 Å². The molecule has 2 aromatic rings. The first kappa shape index (κ1) is 18.4. The van der Waals surface area contributed by atoms with E-state index in [1.165, 1.54) is 0 Å². The summed E-state index contributed by atoms with van der Waals surface area (Å²) in [6.45, 7) is 6.36. The predicted molar refractivity (Wildman–Crippen MR) is 102 cm³/mol. The lowest BCUT2D eigenvalue weighted by molar-refractivity contribution is 0.0187. The Bertz CT molecular complexity index is 752. The molecule has 0 bridgehead atoms. The Balaban J connectivity index is 1.56. The summed E-state index contributed by atoms with van der Waals surface area (Å²) in [4.78, 5) is 14.9.